The van der Waals surface area contributed by atoms with E-state index >= 15 is 0 Å². The van der Waals surface area contributed by atoms with E-state index in [-0.39, 0.29) is 18.8 Å². The SMILES string of the molecule is CC(C)[C@H](N)C(=O)N[C@@H](CCC(N)=O)C(=O)O. The Labute approximate surface area is 99.5 Å². The number of nitrogens with one attached hydrogen (secondary N) is 1. The summed E-state index contributed by atoms with van der Waals surface area (Å²) in [5, 5.41) is 11.1. The second-order valence-electron chi connectivity index (χ2n) is 4.17. The van der Waals surface area contributed by atoms with Crippen molar-refractivity contribution < 1.29 is 19.5 Å². The lowest BCUT2D eigenvalue weighted by molar-refractivity contribution is -0.142. The van der Waals surface area contributed by atoms with Crippen molar-refractivity contribution >= 4 is 17.8 Å². The summed E-state index contributed by atoms with van der Waals surface area (Å²) in [6, 6.07) is -1.91. The normalized spacial score (nSPS) is 14.1. The summed E-state index contributed by atoms with van der Waals surface area (Å²) in [6.45, 7) is 3.51. The highest BCUT2D eigenvalue weighted by Crippen LogP contribution is 2.02. The first-order chi connectivity index (χ1) is 7.75. The second-order valence-corrected chi connectivity index (χ2v) is 4.17. The van der Waals surface area contributed by atoms with Crippen LogP contribution in [0.15, 0.2) is 0 Å². The molecule has 0 aromatic heterocycles. The van der Waals surface area contributed by atoms with E-state index < -0.39 is 29.9 Å². The molecule has 0 unspecified atom stereocenters. The zero-order valence-corrected chi connectivity index (χ0v) is 9.97. The molecular formula is C10H19N3O4. The molecule has 0 aliphatic heterocycles. The summed E-state index contributed by atoms with van der Waals surface area (Å²) in [6.07, 6.45) is -0.143. The number of carbonyl (C=O) groups is 3. The van der Waals surface area contributed by atoms with E-state index in [4.69, 9.17) is 16.6 Å². The predicted molar refractivity (Wildman–Crippen MR) is 60.8 cm³/mol. The Hall–Kier alpha value is -1.63. The molecule has 2 amide bonds. The molecule has 0 aromatic carbocycles. The third-order valence-electron chi connectivity index (χ3n) is 2.31. The van der Waals surface area contributed by atoms with Crippen LogP contribution in [0, 0.1) is 5.92 Å². The first-order valence-electron chi connectivity index (χ1n) is 5.32. The van der Waals surface area contributed by atoms with Crippen molar-refractivity contribution in [3.8, 4) is 0 Å². The Morgan fingerprint density at radius 3 is 2.18 bits per heavy atom. The molecule has 0 aliphatic carbocycles. The predicted octanol–water partition coefficient (Wildman–Crippen LogP) is -1.20. The van der Waals surface area contributed by atoms with Gasteiger partial charge >= 0.3 is 5.97 Å². The van der Waals surface area contributed by atoms with Crippen LogP contribution >= 0.6 is 0 Å². The van der Waals surface area contributed by atoms with Gasteiger partial charge in [-0.3, -0.25) is 9.59 Å². The third-order valence-corrected chi connectivity index (χ3v) is 2.31. The van der Waals surface area contributed by atoms with E-state index in [1.807, 2.05) is 0 Å². The summed E-state index contributed by atoms with van der Waals surface area (Å²) >= 11 is 0. The number of hydrogen-bond acceptors (Lipinski definition) is 4. The van der Waals surface area contributed by atoms with Gasteiger partial charge in [0, 0.05) is 6.42 Å². The van der Waals surface area contributed by atoms with Gasteiger partial charge in [-0.1, -0.05) is 13.8 Å². The molecule has 0 fully saturated rings. The molecule has 17 heavy (non-hydrogen) atoms. The highest BCUT2D eigenvalue weighted by atomic mass is 16.4. The Morgan fingerprint density at radius 1 is 1.29 bits per heavy atom. The Kier molecular flexibility index (Phi) is 6.19. The number of carboxylic acid groups (broad SMARTS) is 1. The van der Waals surface area contributed by atoms with E-state index in [2.05, 4.69) is 5.32 Å². The second kappa shape index (κ2) is 6.85. The molecule has 0 spiro atoms. The van der Waals surface area contributed by atoms with Crippen LogP contribution in [-0.4, -0.2) is 35.0 Å². The zero-order chi connectivity index (χ0) is 13.6. The fraction of sp³-hybridized carbons (Fsp3) is 0.700. The Morgan fingerprint density at radius 2 is 1.82 bits per heavy atom. The van der Waals surface area contributed by atoms with Crippen molar-refractivity contribution in [3.63, 3.8) is 0 Å². The van der Waals surface area contributed by atoms with E-state index in [0.29, 0.717) is 0 Å². The maximum atomic E-state index is 11.5. The van der Waals surface area contributed by atoms with Gasteiger partial charge in [-0.25, -0.2) is 4.79 Å². The minimum atomic E-state index is -1.21. The molecule has 0 saturated carbocycles. The summed E-state index contributed by atoms with van der Waals surface area (Å²) in [5.41, 5.74) is 10.5. The van der Waals surface area contributed by atoms with Crippen LogP contribution in [0.4, 0.5) is 0 Å². The summed E-state index contributed by atoms with van der Waals surface area (Å²) in [4.78, 5) is 32.9. The standard InChI is InChI=1S/C10H19N3O4/c1-5(2)8(12)9(15)13-6(10(16)17)3-4-7(11)14/h5-6,8H,3-4,12H2,1-2H3,(H2,11,14)(H,13,15)(H,16,17)/t6-,8-/m0/s1. The van der Waals surface area contributed by atoms with Crippen molar-refractivity contribution in [1.29, 1.82) is 0 Å². The average molecular weight is 245 g/mol. The molecule has 0 aromatic rings. The summed E-state index contributed by atoms with van der Waals surface area (Å²) in [5.74, 6) is -2.47. The van der Waals surface area contributed by atoms with Gasteiger partial charge in [0.1, 0.15) is 6.04 Å². The number of carbonyl (C=O) groups excluding carboxylic acids is 2. The van der Waals surface area contributed by atoms with Crippen LogP contribution in [0.5, 0.6) is 0 Å². The smallest absolute Gasteiger partial charge is 0.326 e. The van der Waals surface area contributed by atoms with Crippen molar-refractivity contribution in [1.82, 2.24) is 5.32 Å². The van der Waals surface area contributed by atoms with Gasteiger partial charge in [-0.15, -0.1) is 0 Å². The molecular weight excluding hydrogens is 226 g/mol. The maximum Gasteiger partial charge on any atom is 0.326 e. The van der Waals surface area contributed by atoms with E-state index in [9.17, 15) is 14.4 Å². The maximum absolute atomic E-state index is 11.5. The van der Waals surface area contributed by atoms with Crippen LogP contribution in [0.25, 0.3) is 0 Å². The van der Waals surface area contributed by atoms with Crippen molar-refractivity contribution in [2.24, 2.45) is 17.4 Å². The van der Waals surface area contributed by atoms with E-state index in [0.717, 1.165) is 0 Å². The van der Waals surface area contributed by atoms with Gasteiger partial charge in [-0.05, 0) is 12.3 Å². The number of carboxylic acids is 1. The van der Waals surface area contributed by atoms with Gasteiger partial charge in [0.05, 0.1) is 6.04 Å². The Bertz CT molecular complexity index is 304. The summed E-state index contributed by atoms with van der Waals surface area (Å²) in [7, 11) is 0. The number of nitrogens with two attached hydrogens (primary N) is 2. The van der Waals surface area contributed by atoms with Crippen molar-refractivity contribution in [2.75, 3.05) is 0 Å². The van der Waals surface area contributed by atoms with E-state index in [1.54, 1.807) is 13.8 Å². The van der Waals surface area contributed by atoms with Crippen LogP contribution in [0.3, 0.4) is 0 Å². The van der Waals surface area contributed by atoms with Crippen molar-refractivity contribution in [3.05, 3.63) is 0 Å². The highest BCUT2D eigenvalue weighted by Gasteiger charge is 2.24. The average Bonchev–Trinajstić information content (AvgIpc) is 2.21. The number of primary amides is 1. The molecule has 7 nitrogen and oxygen atoms in total. The largest absolute Gasteiger partial charge is 0.480 e. The number of aliphatic carboxylic acids is 1. The molecule has 0 heterocycles. The van der Waals surface area contributed by atoms with E-state index in [1.165, 1.54) is 0 Å². The van der Waals surface area contributed by atoms with Crippen LogP contribution < -0.4 is 16.8 Å². The molecule has 0 radical (unpaired) electrons. The number of hydrogen-bond donors (Lipinski definition) is 4. The molecule has 98 valence electrons. The van der Waals surface area contributed by atoms with Gasteiger partial charge in [-0.2, -0.15) is 0 Å². The quantitative estimate of drug-likeness (QED) is 0.447. The van der Waals surface area contributed by atoms with Crippen LogP contribution in [0.1, 0.15) is 26.7 Å². The van der Waals surface area contributed by atoms with Crippen LogP contribution in [-0.2, 0) is 14.4 Å². The molecule has 0 bridgehead atoms. The molecule has 7 heteroatoms. The third kappa shape index (κ3) is 5.86. The lowest BCUT2D eigenvalue weighted by Gasteiger charge is -2.19. The van der Waals surface area contributed by atoms with Gasteiger partial charge in [0.2, 0.25) is 11.8 Å². The zero-order valence-electron chi connectivity index (χ0n) is 9.97. The topological polar surface area (TPSA) is 136 Å². The summed E-state index contributed by atoms with van der Waals surface area (Å²) < 4.78 is 0. The number of amides is 2. The highest BCUT2D eigenvalue weighted by molar-refractivity contribution is 5.87. The molecule has 2 atom stereocenters. The monoisotopic (exact) mass is 245 g/mol. The minimum Gasteiger partial charge on any atom is -0.480 e. The molecule has 0 aliphatic rings. The Balaban J connectivity index is 4.39. The number of rotatable bonds is 7. The molecule has 0 rings (SSSR count). The lowest BCUT2D eigenvalue weighted by atomic mass is 10.0. The minimum absolute atomic E-state index is 0.0405. The molecule has 6 N–H and O–H groups in total. The van der Waals surface area contributed by atoms with Gasteiger partial charge in [0.25, 0.3) is 0 Å². The van der Waals surface area contributed by atoms with Crippen LogP contribution in [0.2, 0.25) is 0 Å². The lowest BCUT2D eigenvalue weighted by Crippen LogP contribution is -2.50. The first-order valence-corrected chi connectivity index (χ1v) is 5.32. The molecule has 0 saturated heterocycles. The van der Waals surface area contributed by atoms with Crippen molar-refractivity contribution in [2.45, 2.75) is 38.8 Å². The first kappa shape index (κ1) is 15.4. The fourth-order valence-corrected chi connectivity index (χ4v) is 1.11. The fourth-order valence-electron chi connectivity index (χ4n) is 1.11. The van der Waals surface area contributed by atoms with Gasteiger partial charge in [0.15, 0.2) is 0 Å². The van der Waals surface area contributed by atoms with Gasteiger partial charge < -0.3 is 21.9 Å².